The van der Waals surface area contributed by atoms with E-state index in [0.717, 1.165) is 18.4 Å². The van der Waals surface area contributed by atoms with Crippen LogP contribution in [0.5, 0.6) is 0 Å². The van der Waals surface area contributed by atoms with E-state index in [1.165, 1.54) is 6.42 Å². The highest BCUT2D eigenvalue weighted by molar-refractivity contribution is 5.75. The van der Waals surface area contributed by atoms with Crippen LogP contribution in [0, 0.1) is 0 Å². The number of hydrogen-bond donors (Lipinski definition) is 2. The van der Waals surface area contributed by atoms with Crippen molar-refractivity contribution in [2.24, 2.45) is 0 Å². The van der Waals surface area contributed by atoms with Gasteiger partial charge in [-0.3, -0.25) is 4.79 Å². The summed E-state index contributed by atoms with van der Waals surface area (Å²) in [4.78, 5) is 11.5. The minimum Gasteiger partial charge on any atom is -0.480 e. The van der Waals surface area contributed by atoms with Gasteiger partial charge in [0.05, 0.1) is 0 Å². The van der Waals surface area contributed by atoms with Gasteiger partial charge >= 0.3 is 5.97 Å². The highest BCUT2D eigenvalue weighted by Gasteiger charge is 2.29. The Hall–Kier alpha value is -1.39. The van der Waals surface area contributed by atoms with E-state index in [-0.39, 0.29) is 0 Å². The van der Waals surface area contributed by atoms with Gasteiger partial charge in [-0.1, -0.05) is 36.8 Å². The maximum atomic E-state index is 11.5. The van der Waals surface area contributed by atoms with E-state index in [4.69, 9.17) is 0 Å². The van der Waals surface area contributed by atoms with Crippen molar-refractivity contribution in [3.05, 3.63) is 35.9 Å². The average molecular weight is 262 g/mol. The number of hydrazine groups is 1. The van der Waals surface area contributed by atoms with Crippen LogP contribution in [0.25, 0.3) is 0 Å². The van der Waals surface area contributed by atoms with Crippen LogP contribution in [-0.2, 0) is 4.79 Å². The highest BCUT2D eigenvalue weighted by Crippen LogP contribution is 2.23. The normalized spacial score (nSPS) is 26.0. The number of hydrogen-bond acceptors (Lipinski definition) is 3. The number of nitrogens with one attached hydrogen (secondary N) is 1. The molecule has 1 aromatic carbocycles. The van der Waals surface area contributed by atoms with E-state index in [2.05, 4.69) is 24.3 Å². The van der Waals surface area contributed by atoms with Gasteiger partial charge in [0.25, 0.3) is 0 Å². The number of carboxylic acids is 1. The number of benzene rings is 1. The Balaban J connectivity index is 2.15. The van der Waals surface area contributed by atoms with Crippen molar-refractivity contribution in [2.75, 3.05) is 0 Å². The van der Waals surface area contributed by atoms with Gasteiger partial charge in [0.1, 0.15) is 6.04 Å². The smallest absolute Gasteiger partial charge is 0.326 e. The largest absolute Gasteiger partial charge is 0.480 e. The maximum Gasteiger partial charge on any atom is 0.326 e. The molecule has 2 N–H and O–H groups in total. The molecule has 3 atom stereocenters. The number of carboxylic acid groups (broad SMARTS) is 1. The molecular weight excluding hydrogens is 240 g/mol. The second-order valence-corrected chi connectivity index (χ2v) is 5.35. The molecule has 1 heterocycles. The quantitative estimate of drug-likeness (QED) is 0.875. The van der Waals surface area contributed by atoms with Crippen LogP contribution in [0.15, 0.2) is 30.3 Å². The Labute approximate surface area is 114 Å². The fraction of sp³-hybridized carbons (Fsp3) is 0.533. The Kier molecular flexibility index (Phi) is 4.56. The molecule has 2 rings (SSSR count). The van der Waals surface area contributed by atoms with Gasteiger partial charge in [0.15, 0.2) is 0 Å². The van der Waals surface area contributed by atoms with Crippen molar-refractivity contribution >= 4 is 5.97 Å². The first-order valence-corrected chi connectivity index (χ1v) is 6.92. The van der Waals surface area contributed by atoms with Crippen LogP contribution in [0.1, 0.15) is 44.7 Å². The molecular formula is C15H22N2O2. The second kappa shape index (κ2) is 6.17. The molecule has 3 unspecified atom stereocenters. The number of carbonyl (C=O) groups is 1. The lowest BCUT2D eigenvalue weighted by Crippen LogP contribution is -2.54. The molecule has 1 aliphatic rings. The van der Waals surface area contributed by atoms with Crippen molar-refractivity contribution in [3.63, 3.8) is 0 Å². The fourth-order valence-electron chi connectivity index (χ4n) is 2.74. The maximum absolute atomic E-state index is 11.5. The molecule has 4 nitrogen and oxygen atoms in total. The van der Waals surface area contributed by atoms with E-state index in [1.54, 1.807) is 0 Å². The van der Waals surface area contributed by atoms with Gasteiger partial charge in [0.2, 0.25) is 0 Å². The number of piperidine rings is 1. The molecule has 104 valence electrons. The number of aliphatic carboxylic acids is 1. The average Bonchev–Trinajstić information content (AvgIpc) is 2.39. The molecule has 1 fully saturated rings. The SMILES string of the molecule is CC1CCCC(C)N1NC(C(=O)O)c1ccccc1. The van der Waals surface area contributed by atoms with Crippen LogP contribution < -0.4 is 5.43 Å². The molecule has 0 aromatic heterocycles. The zero-order valence-corrected chi connectivity index (χ0v) is 11.5. The summed E-state index contributed by atoms with van der Waals surface area (Å²) in [6.45, 7) is 4.29. The molecule has 0 aliphatic carbocycles. The third kappa shape index (κ3) is 3.33. The van der Waals surface area contributed by atoms with Crippen LogP contribution in [0.4, 0.5) is 0 Å². The summed E-state index contributed by atoms with van der Waals surface area (Å²) in [5.74, 6) is -0.837. The molecule has 1 aliphatic heterocycles. The lowest BCUT2D eigenvalue weighted by atomic mass is 9.99. The third-order valence-corrected chi connectivity index (χ3v) is 3.85. The van der Waals surface area contributed by atoms with Gasteiger partial charge < -0.3 is 5.11 Å². The van der Waals surface area contributed by atoms with Gasteiger partial charge in [-0.05, 0) is 32.3 Å². The molecule has 0 amide bonds. The van der Waals surface area contributed by atoms with E-state index in [0.29, 0.717) is 12.1 Å². The summed E-state index contributed by atoms with van der Waals surface area (Å²) >= 11 is 0. The first-order valence-electron chi connectivity index (χ1n) is 6.92. The van der Waals surface area contributed by atoms with Gasteiger partial charge in [0, 0.05) is 12.1 Å². The van der Waals surface area contributed by atoms with Crippen molar-refractivity contribution in [3.8, 4) is 0 Å². The van der Waals surface area contributed by atoms with Crippen molar-refractivity contribution < 1.29 is 9.90 Å². The van der Waals surface area contributed by atoms with E-state index >= 15 is 0 Å². The Morgan fingerprint density at radius 3 is 2.37 bits per heavy atom. The van der Waals surface area contributed by atoms with Crippen LogP contribution in [0.3, 0.4) is 0 Å². The number of rotatable bonds is 4. The standard InChI is InChI=1S/C15H22N2O2/c1-11-7-6-8-12(2)17(11)16-14(15(18)19)13-9-4-3-5-10-13/h3-5,9-12,14,16H,6-8H2,1-2H3,(H,18,19). The molecule has 1 saturated heterocycles. The van der Waals surface area contributed by atoms with Crippen molar-refractivity contribution in [1.29, 1.82) is 0 Å². The first kappa shape index (κ1) is 14.0. The summed E-state index contributed by atoms with van der Waals surface area (Å²) < 4.78 is 0. The zero-order chi connectivity index (χ0) is 13.8. The second-order valence-electron chi connectivity index (χ2n) is 5.35. The molecule has 4 heteroatoms. The molecule has 0 saturated carbocycles. The highest BCUT2D eigenvalue weighted by atomic mass is 16.4. The van der Waals surface area contributed by atoms with Gasteiger partial charge in [-0.25, -0.2) is 10.4 Å². The first-order chi connectivity index (χ1) is 9.09. The summed E-state index contributed by atoms with van der Waals surface area (Å²) in [6, 6.07) is 9.41. The lowest BCUT2D eigenvalue weighted by Gasteiger charge is -2.40. The van der Waals surface area contributed by atoms with Crippen molar-refractivity contribution in [2.45, 2.75) is 51.2 Å². The number of nitrogens with zero attached hydrogens (tertiary/aromatic N) is 1. The lowest BCUT2D eigenvalue weighted by molar-refractivity contribution is -0.142. The Morgan fingerprint density at radius 2 is 1.84 bits per heavy atom. The van der Waals surface area contributed by atoms with E-state index in [9.17, 15) is 9.90 Å². The molecule has 0 radical (unpaired) electrons. The van der Waals surface area contributed by atoms with Crippen molar-refractivity contribution in [1.82, 2.24) is 10.4 Å². The molecule has 0 spiro atoms. The van der Waals surface area contributed by atoms with Gasteiger partial charge in [-0.15, -0.1) is 0 Å². The van der Waals surface area contributed by atoms with Crippen LogP contribution in [-0.4, -0.2) is 28.2 Å². The van der Waals surface area contributed by atoms with Crippen LogP contribution >= 0.6 is 0 Å². The van der Waals surface area contributed by atoms with E-state index in [1.807, 2.05) is 30.3 Å². The summed E-state index contributed by atoms with van der Waals surface area (Å²) in [6.07, 6.45) is 3.43. The van der Waals surface area contributed by atoms with Crippen LogP contribution in [0.2, 0.25) is 0 Å². The molecule has 1 aromatic rings. The monoisotopic (exact) mass is 262 g/mol. The van der Waals surface area contributed by atoms with E-state index < -0.39 is 12.0 Å². The summed E-state index contributed by atoms with van der Waals surface area (Å²) in [5, 5.41) is 11.5. The predicted octanol–water partition coefficient (Wildman–Crippen LogP) is 2.58. The zero-order valence-electron chi connectivity index (χ0n) is 11.5. The molecule has 19 heavy (non-hydrogen) atoms. The molecule has 0 bridgehead atoms. The topological polar surface area (TPSA) is 52.6 Å². The van der Waals surface area contributed by atoms with Gasteiger partial charge in [-0.2, -0.15) is 0 Å². The Bertz CT molecular complexity index is 411. The third-order valence-electron chi connectivity index (χ3n) is 3.85. The minimum absolute atomic E-state index is 0.370. The minimum atomic E-state index is -0.837. The Morgan fingerprint density at radius 1 is 1.26 bits per heavy atom. The fourth-order valence-corrected chi connectivity index (χ4v) is 2.74. The predicted molar refractivity (Wildman–Crippen MR) is 74.6 cm³/mol. The summed E-state index contributed by atoms with van der Waals surface area (Å²) in [7, 11) is 0. The summed E-state index contributed by atoms with van der Waals surface area (Å²) in [5.41, 5.74) is 4.00.